The van der Waals surface area contributed by atoms with E-state index >= 15 is 0 Å². The molecule has 0 aromatic carbocycles. The highest BCUT2D eigenvalue weighted by atomic mass is 31.2. The largest absolute Gasteiger partial charge is 0.349 e. The summed E-state index contributed by atoms with van der Waals surface area (Å²) in [5.74, 6) is 0.928. The highest BCUT2D eigenvalue weighted by molar-refractivity contribution is 7.55. The summed E-state index contributed by atoms with van der Waals surface area (Å²) in [6.45, 7) is 8.33. The standard InChI is InChI=1S/C16H27O3P/c1-14(2)8-5-9-15(3)10-6-11-16(4)12-7-13-20(17,18)19/h7-8,10,12-13H,5-6,9,11H2,1-4H3,(H2,17,18,19). The molecule has 0 rings (SSSR count). The summed E-state index contributed by atoms with van der Waals surface area (Å²) in [5, 5.41) is 0. The van der Waals surface area contributed by atoms with E-state index in [4.69, 9.17) is 9.79 Å². The van der Waals surface area contributed by atoms with Crippen LogP contribution in [0.4, 0.5) is 0 Å². The molecule has 0 unspecified atom stereocenters. The fourth-order valence-electron chi connectivity index (χ4n) is 1.64. The van der Waals surface area contributed by atoms with E-state index < -0.39 is 7.60 Å². The van der Waals surface area contributed by atoms with Gasteiger partial charge in [-0.3, -0.25) is 4.57 Å². The Labute approximate surface area is 123 Å². The Kier molecular flexibility index (Phi) is 9.49. The predicted molar refractivity (Wildman–Crippen MR) is 86.6 cm³/mol. The summed E-state index contributed by atoms with van der Waals surface area (Å²) in [4.78, 5) is 17.4. The lowest BCUT2D eigenvalue weighted by Crippen LogP contribution is -1.80. The van der Waals surface area contributed by atoms with E-state index in [0.717, 1.165) is 37.1 Å². The van der Waals surface area contributed by atoms with Crippen LogP contribution in [0.3, 0.4) is 0 Å². The van der Waals surface area contributed by atoms with Gasteiger partial charge >= 0.3 is 7.60 Å². The second-order valence-electron chi connectivity index (χ2n) is 5.35. The van der Waals surface area contributed by atoms with Crippen molar-refractivity contribution in [3.63, 3.8) is 0 Å². The van der Waals surface area contributed by atoms with E-state index in [1.165, 1.54) is 17.2 Å². The SMILES string of the molecule is CC(C)=CCCC(C)=CCCC(C)=CC=CP(=O)(O)O. The maximum Gasteiger partial charge on any atom is 0.349 e. The van der Waals surface area contributed by atoms with Crippen molar-refractivity contribution in [3.05, 3.63) is 46.8 Å². The van der Waals surface area contributed by atoms with Crippen molar-refractivity contribution in [3.8, 4) is 0 Å². The Morgan fingerprint density at radius 3 is 2.05 bits per heavy atom. The van der Waals surface area contributed by atoms with E-state index in [-0.39, 0.29) is 0 Å². The molecule has 0 atom stereocenters. The van der Waals surface area contributed by atoms with Gasteiger partial charge in [0.25, 0.3) is 0 Å². The van der Waals surface area contributed by atoms with Crippen molar-refractivity contribution in [1.29, 1.82) is 0 Å². The minimum atomic E-state index is -4.03. The summed E-state index contributed by atoms with van der Waals surface area (Å²) < 4.78 is 10.6. The van der Waals surface area contributed by atoms with Crippen LogP contribution in [0.25, 0.3) is 0 Å². The summed E-state index contributed by atoms with van der Waals surface area (Å²) in [5.41, 5.74) is 3.86. The van der Waals surface area contributed by atoms with Crippen LogP contribution >= 0.6 is 7.60 Å². The minimum Gasteiger partial charge on any atom is -0.321 e. The summed E-state index contributed by atoms with van der Waals surface area (Å²) in [6, 6.07) is 0. The van der Waals surface area contributed by atoms with E-state index in [1.807, 2.05) is 6.92 Å². The molecular weight excluding hydrogens is 271 g/mol. The molecule has 0 fully saturated rings. The number of allylic oxidation sites excluding steroid dienone is 7. The Hall–Kier alpha value is -0.890. The third kappa shape index (κ3) is 13.5. The molecule has 3 nitrogen and oxygen atoms in total. The van der Waals surface area contributed by atoms with Gasteiger partial charge in [-0.1, -0.05) is 41.0 Å². The molecule has 20 heavy (non-hydrogen) atoms. The zero-order chi connectivity index (χ0) is 15.6. The average molecular weight is 298 g/mol. The zero-order valence-electron chi connectivity index (χ0n) is 13.0. The molecule has 0 saturated heterocycles. The lowest BCUT2D eigenvalue weighted by molar-refractivity contribution is 0.386. The van der Waals surface area contributed by atoms with Gasteiger partial charge in [0.2, 0.25) is 0 Å². The Balaban J connectivity index is 4.09. The first-order chi connectivity index (χ1) is 9.20. The van der Waals surface area contributed by atoms with Gasteiger partial charge in [-0.15, -0.1) is 0 Å². The van der Waals surface area contributed by atoms with Crippen LogP contribution < -0.4 is 0 Å². The Morgan fingerprint density at radius 2 is 1.50 bits per heavy atom. The molecule has 0 spiro atoms. The quantitative estimate of drug-likeness (QED) is 0.372. The smallest absolute Gasteiger partial charge is 0.321 e. The average Bonchev–Trinajstić information content (AvgIpc) is 2.26. The third-order valence-electron chi connectivity index (χ3n) is 2.78. The van der Waals surface area contributed by atoms with E-state index in [1.54, 1.807) is 6.08 Å². The van der Waals surface area contributed by atoms with E-state index in [0.29, 0.717) is 0 Å². The summed E-state index contributed by atoms with van der Waals surface area (Å²) >= 11 is 0. The molecule has 0 amide bonds. The normalized spacial score (nSPS) is 13.9. The first-order valence-electron chi connectivity index (χ1n) is 6.90. The van der Waals surface area contributed by atoms with Gasteiger partial charge in [-0.05, 0) is 53.4 Å². The summed E-state index contributed by atoms with van der Waals surface area (Å²) in [6.07, 6.45) is 11.7. The lowest BCUT2D eigenvalue weighted by atomic mass is 10.1. The van der Waals surface area contributed by atoms with Crippen molar-refractivity contribution in [1.82, 2.24) is 0 Å². The predicted octanol–water partition coefficient (Wildman–Crippen LogP) is 5.10. The van der Waals surface area contributed by atoms with Crippen molar-refractivity contribution < 1.29 is 14.4 Å². The van der Waals surface area contributed by atoms with E-state index in [2.05, 4.69) is 32.9 Å². The fraction of sp³-hybridized carbons (Fsp3) is 0.500. The molecule has 0 radical (unpaired) electrons. The van der Waals surface area contributed by atoms with Crippen LogP contribution in [0.1, 0.15) is 53.4 Å². The van der Waals surface area contributed by atoms with Gasteiger partial charge in [0, 0.05) is 5.82 Å². The van der Waals surface area contributed by atoms with Crippen molar-refractivity contribution in [2.45, 2.75) is 53.4 Å². The Morgan fingerprint density at radius 1 is 0.950 bits per heavy atom. The molecule has 0 bridgehead atoms. The monoisotopic (exact) mass is 298 g/mol. The molecular formula is C16H27O3P. The maximum absolute atomic E-state index is 10.6. The second-order valence-corrected chi connectivity index (χ2v) is 6.83. The van der Waals surface area contributed by atoms with Gasteiger partial charge in [-0.25, -0.2) is 0 Å². The van der Waals surface area contributed by atoms with Gasteiger partial charge in [0.15, 0.2) is 0 Å². The Bertz CT molecular complexity index is 446. The van der Waals surface area contributed by atoms with E-state index in [9.17, 15) is 4.57 Å². The molecule has 0 aliphatic heterocycles. The van der Waals surface area contributed by atoms with Crippen LogP contribution in [0, 0.1) is 0 Å². The molecule has 114 valence electrons. The number of hydrogen-bond acceptors (Lipinski definition) is 1. The zero-order valence-corrected chi connectivity index (χ0v) is 13.9. The summed E-state index contributed by atoms with van der Waals surface area (Å²) in [7, 11) is -4.03. The third-order valence-corrected chi connectivity index (χ3v) is 3.34. The van der Waals surface area contributed by atoms with Gasteiger partial charge in [-0.2, -0.15) is 0 Å². The van der Waals surface area contributed by atoms with Crippen LogP contribution in [0.2, 0.25) is 0 Å². The first-order valence-corrected chi connectivity index (χ1v) is 8.58. The molecule has 4 heteroatoms. The number of hydrogen-bond donors (Lipinski definition) is 2. The van der Waals surface area contributed by atoms with Gasteiger partial charge < -0.3 is 9.79 Å². The molecule has 0 saturated carbocycles. The van der Waals surface area contributed by atoms with Crippen molar-refractivity contribution >= 4 is 7.60 Å². The molecule has 2 N–H and O–H groups in total. The minimum absolute atomic E-state index is 0.908. The lowest BCUT2D eigenvalue weighted by Gasteiger charge is -2.00. The molecule has 0 aromatic rings. The maximum atomic E-state index is 10.6. The van der Waals surface area contributed by atoms with Crippen molar-refractivity contribution in [2.75, 3.05) is 0 Å². The van der Waals surface area contributed by atoms with Crippen LogP contribution in [0.15, 0.2) is 46.8 Å². The molecule has 0 aromatic heterocycles. The van der Waals surface area contributed by atoms with Crippen molar-refractivity contribution in [2.24, 2.45) is 0 Å². The highest BCUT2D eigenvalue weighted by Gasteiger charge is 2.03. The van der Waals surface area contributed by atoms with Crippen LogP contribution in [-0.2, 0) is 4.57 Å². The molecule has 0 aliphatic carbocycles. The fourth-order valence-corrected chi connectivity index (χ4v) is 1.95. The second kappa shape index (κ2) is 9.93. The van der Waals surface area contributed by atoms with Gasteiger partial charge in [0.1, 0.15) is 0 Å². The van der Waals surface area contributed by atoms with Gasteiger partial charge in [0.05, 0.1) is 0 Å². The topological polar surface area (TPSA) is 57.5 Å². The number of rotatable bonds is 8. The molecule has 0 aliphatic rings. The first kappa shape index (κ1) is 19.1. The van der Waals surface area contributed by atoms with Crippen LogP contribution in [0.5, 0.6) is 0 Å². The highest BCUT2D eigenvalue weighted by Crippen LogP contribution is 2.35. The van der Waals surface area contributed by atoms with Crippen LogP contribution in [-0.4, -0.2) is 9.79 Å². The molecule has 0 heterocycles.